The van der Waals surface area contributed by atoms with Gasteiger partial charge in [-0.3, -0.25) is 14.9 Å². The molecule has 0 aliphatic carbocycles. The normalized spacial score (nSPS) is 10.3. The summed E-state index contributed by atoms with van der Waals surface area (Å²) in [6, 6.07) is 14.8. The lowest BCUT2D eigenvalue weighted by Crippen LogP contribution is -2.23. The predicted octanol–water partition coefficient (Wildman–Crippen LogP) is 2.41. The minimum Gasteiger partial charge on any atom is -0.497 e. The van der Waals surface area contributed by atoms with Crippen molar-refractivity contribution in [1.29, 1.82) is 0 Å². The van der Waals surface area contributed by atoms with E-state index in [0.717, 1.165) is 17.0 Å². The summed E-state index contributed by atoms with van der Waals surface area (Å²) in [5.41, 5.74) is 2.82. The number of hydrogen-bond donors (Lipinski definition) is 2. The number of nitrogens with one attached hydrogen (secondary N) is 2. The zero-order valence-corrected chi connectivity index (χ0v) is 12.6. The van der Waals surface area contributed by atoms with Crippen LogP contribution in [0.1, 0.15) is 16.2 Å². The van der Waals surface area contributed by atoms with Gasteiger partial charge >= 0.3 is 0 Å². The maximum Gasteiger partial charge on any atom is 0.269 e. The minimum atomic E-state index is -0.220. The Hall–Kier alpha value is -3.15. The lowest BCUT2D eigenvalue weighted by Gasteiger charge is -2.02. The second-order valence-corrected chi connectivity index (χ2v) is 4.90. The Balaban J connectivity index is 1.67. The molecular weight excluding hydrogens is 292 g/mol. The molecule has 2 N–H and O–H groups in total. The number of pyridine rings is 1. The molecule has 2 aromatic heterocycles. The van der Waals surface area contributed by atoms with Gasteiger partial charge in [0.05, 0.1) is 25.0 Å². The van der Waals surface area contributed by atoms with Gasteiger partial charge in [0, 0.05) is 11.8 Å². The smallest absolute Gasteiger partial charge is 0.269 e. The Morgan fingerprint density at radius 3 is 2.74 bits per heavy atom. The van der Waals surface area contributed by atoms with Crippen molar-refractivity contribution in [2.45, 2.75) is 6.54 Å². The number of aromatic amines is 1. The Kier molecular flexibility index (Phi) is 4.33. The molecular formula is C17H16N4O2. The first kappa shape index (κ1) is 14.8. The predicted molar refractivity (Wildman–Crippen MR) is 86.0 cm³/mol. The molecule has 116 valence electrons. The first-order valence-corrected chi connectivity index (χ1v) is 7.14. The first-order chi connectivity index (χ1) is 11.3. The third-order valence-corrected chi connectivity index (χ3v) is 3.36. The van der Waals surface area contributed by atoms with E-state index < -0.39 is 0 Å². The van der Waals surface area contributed by atoms with Crippen LogP contribution in [0, 0.1) is 0 Å². The van der Waals surface area contributed by atoms with Crippen LogP contribution in [0.25, 0.3) is 11.3 Å². The average molecular weight is 308 g/mol. The zero-order valence-electron chi connectivity index (χ0n) is 12.6. The van der Waals surface area contributed by atoms with Crippen LogP contribution in [0.5, 0.6) is 5.75 Å². The van der Waals surface area contributed by atoms with E-state index in [-0.39, 0.29) is 5.91 Å². The molecule has 1 aromatic carbocycles. The van der Waals surface area contributed by atoms with Crippen molar-refractivity contribution < 1.29 is 9.53 Å². The number of benzene rings is 1. The summed E-state index contributed by atoms with van der Waals surface area (Å²) < 4.78 is 5.12. The maximum atomic E-state index is 12.1. The summed E-state index contributed by atoms with van der Waals surface area (Å²) in [5.74, 6) is 0.556. The van der Waals surface area contributed by atoms with Crippen molar-refractivity contribution in [3.05, 3.63) is 66.1 Å². The van der Waals surface area contributed by atoms with Gasteiger partial charge in [-0.25, -0.2) is 0 Å². The molecule has 0 atom stereocenters. The van der Waals surface area contributed by atoms with E-state index in [9.17, 15) is 4.79 Å². The summed E-state index contributed by atoms with van der Waals surface area (Å²) in [7, 11) is 1.62. The molecule has 0 unspecified atom stereocenters. The molecule has 0 fully saturated rings. The van der Waals surface area contributed by atoms with Crippen LogP contribution in [0.2, 0.25) is 0 Å². The highest BCUT2D eigenvalue weighted by Crippen LogP contribution is 2.21. The fourth-order valence-corrected chi connectivity index (χ4v) is 2.12. The molecule has 0 spiro atoms. The van der Waals surface area contributed by atoms with Gasteiger partial charge < -0.3 is 10.1 Å². The van der Waals surface area contributed by atoms with E-state index in [1.807, 2.05) is 42.5 Å². The molecule has 3 aromatic rings. The fourth-order valence-electron chi connectivity index (χ4n) is 2.12. The van der Waals surface area contributed by atoms with Gasteiger partial charge in [0.1, 0.15) is 11.4 Å². The van der Waals surface area contributed by atoms with Gasteiger partial charge in [-0.05, 0) is 42.5 Å². The number of rotatable bonds is 5. The second kappa shape index (κ2) is 6.74. The number of hydrogen-bond acceptors (Lipinski definition) is 4. The number of methoxy groups -OCH3 is 1. The van der Waals surface area contributed by atoms with Crippen LogP contribution < -0.4 is 10.1 Å². The molecule has 0 radical (unpaired) electrons. The van der Waals surface area contributed by atoms with Gasteiger partial charge in [-0.1, -0.05) is 6.07 Å². The summed E-state index contributed by atoms with van der Waals surface area (Å²) >= 11 is 0. The largest absolute Gasteiger partial charge is 0.497 e. The van der Waals surface area contributed by atoms with Gasteiger partial charge in [0.2, 0.25) is 0 Å². The Morgan fingerprint density at radius 1 is 1.22 bits per heavy atom. The monoisotopic (exact) mass is 308 g/mol. The minimum absolute atomic E-state index is 0.220. The number of carbonyl (C=O) groups is 1. The number of H-pyrrole nitrogens is 1. The zero-order chi connectivity index (χ0) is 16.1. The highest BCUT2D eigenvalue weighted by Gasteiger charge is 2.11. The third kappa shape index (κ3) is 3.55. The van der Waals surface area contributed by atoms with Gasteiger partial charge in [0.15, 0.2) is 0 Å². The van der Waals surface area contributed by atoms with Crippen molar-refractivity contribution in [1.82, 2.24) is 20.5 Å². The SMILES string of the molecule is COc1ccc(-c2cc(C(=O)NCc3ccccn3)[nH]n2)cc1. The number of nitrogens with zero attached hydrogens (tertiary/aromatic N) is 2. The molecule has 1 amide bonds. The highest BCUT2D eigenvalue weighted by atomic mass is 16.5. The lowest BCUT2D eigenvalue weighted by atomic mass is 10.1. The van der Waals surface area contributed by atoms with E-state index >= 15 is 0 Å². The standard InChI is InChI=1S/C17H16N4O2/c1-23-14-7-5-12(6-8-14)15-10-16(21-20-15)17(22)19-11-13-4-2-3-9-18-13/h2-10H,11H2,1H3,(H,19,22)(H,20,21). The fraction of sp³-hybridized carbons (Fsp3) is 0.118. The molecule has 0 aliphatic rings. The molecule has 23 heavy (non-hydrogen) atoms. The second-order valence-electron chi connectivity index (χ2n) is 4.90. The van der Waals surface area contributed by atoms with Crippen LogP contribution in [0.4, 0.5) is 0 Å². The van der Waals surface area contributed by atoms with Crippen molar-refractivity contribution in [3.63, 3.8) is 0 Å². The molecule has 2 heterocycles. The van der Waals surface area contributed by atoms with Crippen LogP contribution in [0.15, 0.2) is 54.7 Å². The van der Waals surface area contributed by atoms with Crippen LogP contribution in [-0.2, 0) is 6.54 Å². The number of amides is 1. The van der Waals surface area contributed by atoms with Gasteiger partial charge in [0.25, 0.3) is 5.91 Å². The van der Waals surface area contributed by atoms with Crippen LogP contribution in [0.3, 0.4) is 0 Å². The van der Waals surface area contributed by atoms with Crippen LogP contribution in [-0.4, -0.2) is 28.2 Å². The summed E-state index contributed by atoms with van der Waals surface area (Å²) in [4.78, 5) is 16.3. The molecule has 0 saturated carbocycles. The lowest BCUT2D eigenvalue weighted by molar-refractivity contribution is 0.0945. The van der Waals surface area contributed by atoms with E-state index in [4.69, 9.17) is 4.74 Å². The maximum absolute atomic E-state index is 12.1. The van der Waals surface area contributed by atoms with Gasteiger partial charge in [-0.2, -0.15) is 5.10 Å². The molecule has 3 rings (SSSR count). The summed E-state index contributed by atoms with van der Waals surface area (Å²) in [6.07, 6.45) is 1.69. The van der Waals surface area contributed by atoms with Crippen molar-refractivity contribution in [2.24, 2.45) is 0 Å². The Labute approximate surface area is 133 Å². The Bertz CT molecular complexity index is 782. The average Bonchev–Trinajstić information content (AvgIpc) is 3.11. The van der Waals surface area contributed by atoms with Crippen LogP contribution >= 0.6 is 0 Å². The first-order valence-electron chi connectivity index (χ1n) is 7.14. The summed E-state index contributed by atoms with van der Waals surface area (Å²) in [6.45, 7) is 0.372. The highest BCUT2D eigenvalue weighted by molar-refractivity contribution is 5.93. The van der Waals surface area contributed by atoms with E-state index in [1.165, 1.54) is 0 Å². The number of carbonyl (C=O) groups excluding carboxylic acids is 1. The number of ether oxygens (including phenoxy) is 1. The summed E-state index contributed by atoms with van der Waals surface area (Å²) in [5, 5.41) is 9.74. The third-order valence-electron chi connectivity index (χ3n) is 3.36. The van der Waals surface area contributed by atoms with Crippen molar-refractivity contribution in [3.8, 4) is 17.0 Å². The topological polar surface area (TPSA) is 79.9 Å². The van der Waals surface area contributed by atoms with Crippen molar-refractivity contribution >= 4 is 5.91 Å². The molecule has 0 bridgehead atoms. The molecule has 6 heteroatoms. The van der Waals surface area contributed by atoms with E-state index in [0.29, 0.717) is 17.9 Å². The quantitative estimate of drug-likeness (QED) is 0.758. The molecule has 0 saturated heterocycles. The van der Waals surface area contributed by atoms with E-state index in [2.05, 4.69) is 20.5 Å². The molecule has 0 aliphatic heterocycles. The molecule has 6 nitrogen and oxygen atoms in total. The van der Waals surface area contributed by atoms with Crippen molar-refractivity contribution in [2.75, 3.05) is 7.11 Å². The number of aromatic nitrogens is 3. The van der Waals surface area contributed by atoms with Gasteiger partial charge in [-0.15, -0.1) is 0 Å². The Morgan fingerprint density at radius 2 is 2.04 bits per heavy atom. The van der Waals surface area contributed by atoms with E-state index in [1.54, 1.807) is 19.4 Å².